The van der Waals surface area contributed by atoms with Gasteiger partial charge in [-0.1, -0.05) is 37.3 Å². The number of aromatic nitrogens is 2. The van der Waals surface area contributed by atoms with E-state index < -0.39 is 0 Å². The molecule has 88 valence electrons. The van der Waals surface area contributed by atoms with Gasteiger partial charge in [-0.25, -0.2) is 4.98 Å². The van der Waals surface area contributed by atoms with E-state index in [1.165, 1.54) is 25.7 Å². The first-order valence-corrected chi connectivity index (χ1v) is 7.08. The summed E-state index contributed by atoms with van der Waals surface area (Å²) in [6.45, 7) is 0. The lowest BCUT2D eigenvalue weighted by molar-refractivity contribution is 0.426. The van der Waals surface area contributed by atoms with Crippen LogP contribution in [0.3, 0.4) is 0 Å². The molecule has 1 aromatic heterocycles. The van der Waals surface area contributed by atoms with E-state index in [0.29, 0.717) is 14.8 Å². The van der Waals surface area contributed by atoms with Gasteiger partial charge in [0.1, 0.15) is 8.72 Å². The summed E-state index contributed by atoms with van der Waals surface area (Å²) >= 11 is 7.80. The monoisotopic (exact) mass is 352 g/mol. The van der Waals surface area contributed by atoms with Gasteiger partial charge in [0.05, 0.1) is 6.33 Å². The SMILES string of the molecule is O=c1c(I)c(Cl)ncn1C1CCCCCC1. The van der Waals surface area contributed by atoms with Gasteiger partial charge in [0.15, 0.2) is 0 Å². The first kappa shape index (κ1) is 12.4. The average Bonchev–Trinajstić information content (AvgIpc) is 2.55. The Morgan fingerprint density at radius 2 is 1.94 bits per heavy atom. The molecule has 16 heavy (non-hydrogen) atoms. The molecule has 0 unspecified atom stereocenters. The van der Waals surface area contributed by atoms with Gasteiger partial charge in [-0.3, -0.25) is 9.36 Å². The van der Waals surface area contributed by atoms with Crippen molar-refractivity contribution in [2.45, 2.75) is 44.6 Å². The maximum Gasteiger partial charge on any atom is 0.268 e. The van der Waals surface area contributed by atoms with E-state index in [1.807, 2.05) is 22.6 Å². The first-order chi connectivity index (χ1) is 7.70. The highest BCUT2D eigenvalue weighted by Crippen LogP contribution is 2.26. The maximum atomic E-state index is 12.0. The summed E-state index contributed by atoms with van der Waals surface area (Å²) in [5.41, 5.74) is 0.00694. The maximum absolute atomic E-state index is 12.0. The summed E-state index contributed by atoms with van der Waals surface area (Å²) in [5.74, 6) is 0. The summed E-state index contributed by atoms with van der Waals surface area (Å²) in [4.78, 5) is 16.1. The Morgan fingerprint density at radius 1 is 1.31 bits per heavy atom. The molecule has 0 N–H and O–H groups in total. The van der Waals surface area contributed by atoms with E-state index in [1.54, 1.807) is 10.9 Å². The summed E-state index contributed by atoms with van der Waals surface area (Å²) < 4.78 is 2.30. The van der Waals surface area contributed by atoms with Crippen molar-refractivity contribution >= 4 is 34.2 Å². The van der Waals surface area contributed by atoms with E-state index in [9.17, 15) is 4.79 Å². The molecule has 5 heteroatoms. The van der Waals surface area contributed by atoms with Crippen molar-refractivity contribution in [2.24, 2.45) is 0 Å². The highest BCUT2D eigenvalue weighted by Gasteiger charge is 2.17. The van der Waals surface area contributed by atoms with Gasteiger partial charge in [-0.05, 0) is 35.4 Å². The van der Waals surface area contributed by atoms with Crippen LogP contribution in [0.25, 0.3) is 0 Å². The lowest BCUT2D eigenvalue weighted by atomic mass is 10.1. The minimum Gasteiger partial charge on any atom is -0.295 e. The third-order valence-corrected chi connectivity index (χ3v) is 4.69. The van der Waals surface area contributed by atoms with Crippen molar-refractivity contribution in [3.05, 3.63) is 25.4 Å². The fourth-order valence-electron chi connectivity index (χ4n) is 2.22. The summed E-state index contributed by atoms with van der Waals surface area (Å²) in [6, 6.07) is 0.313. The normalized spacial score (nSPS) is 18.4. The molecule has 0 atom stereocenters. The minimum absolute atomic E-state index is 0.00694. The van der Waals surface area contributed by atoms with Gasteiger partial charge in [-0.15, -0.1) is 0 Å². The molecule has 1 aromatic rings. The standard InChI is InChI=1S/C11H14ClIN2O/c12-10-9(13)11(16)15(7-14-10)8-5-3-1-2-4-6-8/h7-8H,1-6H2. The molecule has 3 nitrogen and oxygen atoms in total. The van der Waals surface area contributed by atoms with Crippen LogP contribution in [0, 0.1) is 3.57 Å². The van der Waals surface area contributed by atoms with Gasteiger partial charge >= 0.3 is 0 Å². The Bertz CT molecular complexity index is 424. The zero-order chi connectivity index (χ0) is 11.5. The average molecular weight is 353 g/mol. The van der Waals surface area contributed by atoms with Crippen LogP contribution < -0.4 is 5.56 Å². The first-order valence-electron chi connectivity index (χ1n) is 5.62. The number of halogens is 2. The van der Waals surface area contributed by atoms with Crippen LogP contribution >= 0.6 is 34.2 Å². The third kappa shape index (κ3) is 2.59. The molecule has 2 rings (SSSR count). The number of hydrogen-bond acceptors (Lipinski definition) is 2. The van der Waals surface area contributed by atoms with Crippen molar-refractivity contribution in [2.75, 3.05) is 0 Å². The van der Waals surface area contributed by atoms with Gasteiger partial charge in [0.2, 0.25) is 0 Å². The number of hydrogen-bond donors (Lipinski definition) is 0. The molecule has 0 aromatic carbocycles. The molecular formula is C11H14ClIN2O. The van der Waals surface area contributed by atoms with Crippen molar-refractivity contribution < 1.29 is 0 Å². The van der Waals surface area contributed by atoms with Crippen LogP contribution in [0.4, 0.5) is 0 Å². The molecule has 0 saturated heterocycles. The zero-order valence-electron chi connectivity index (χ0n) is 8.96. The largest absolute Gasteiger partial charge is 0.295 e. The molecule has 0 aliphatic heterocycles. The van der Waals surface area contributed by atoms with Crippen molar-refractivity contribution in [1.29, 1.82) is 0 Å². The zero-order valence-corrected chi connectivity index (χ0v) is 11.9. The number of nitrogens with zero attached hydrogens (tertiary/aromatic N) is 2. The van der Waals surface area contributed by atoms with Gasteiger partial charge in [0.25, 0.3) is 5.56 Å². The van der Waals surface area contributed by atoms with E-state index >= 15 is 0 Å². The smallest absolute Gasteiger partial charge is 0.268 e. The minimum atomic E-state index is 0.00694. The van der Waals surface area contributed by atoms with Crippen LogP contribution in [0.15, 0.2) is 11.1 Å². The molecule has 0 amide bonds. The Balaban J connectivity index is 2.32. The fraction of sp³-hybridized carbons (Fsp3) is 0.636. The Labute approximate surface area is 113 Å². The summed E-state index contributed by atoms with van der Waals surface area (Å²) in [5, 5.41) is 0.315. The second-order valence-corrected chi connectivity index (χ2v) is 5.64. The van der Waals surface area contributed by atoms with Crippen LogP contribution in [0.2, 0.25) is 5.15 Å². The lowest BCUT2D eigenvalue weighted by Gasteiger charge is -2.17. The molecule has 0 bridgehead atoms. The van der Waals surface area contributed by atoms with E-state index in [4.69, 9.17) is 11.6 Å². The predicted molar refractivity (Wildman–Crippen MR) is 73.0 cm³/mol. The molecule has 1 heterocycles. The second-order valence-electron chi connectivity index (χ2n) is 4.21. The van der Waals surface area contributed by atoms with Gasteiger partial charge in [-0.2, -0.15) is 0 Å². The third-order valence-electron chi connectivity index (χ3n) is 3.12. The summed E-state index contributed by atoms with van der Waals surface area (Å²) in [7, 11) is 0. The Morgan fingerprint density at radius 3 is 2.56 bits per heavy atom. The fourth-order valence-corrected chi connectivity index (χ4v) is 2.76. The van der Waals surface area contributed by atoms with E-state index in [-0.39, 0.29) is 5.56 Å². The number of rotatable bonds is 1. The molecule has 1 aliphatic carbocycles. The van der Waals surface area contributed by atoms with Crippen molar-refractivity contribution in [3.8, 4) is 0 Å². The van der Waals surface area contributed by atoms with Crippen molar-refractivity contribution in [1.82, 2.24) is 9.55 Å². The van der Waals surface area contributed by atoms with Crippen LogP contribution in [-0.4, -0.2) is 9.55 Å². The molecule has 0 radical (unpaired) electrons. The predicted octanol–water partition coefficient (Wildman–Crippen LogP) is 3.40. The van der Waals surface area contributed by atoms with Gasteiger partial charge in [0, 0.05) is 6.04 Å². The quantitative estimate of drug-likeness (QED) is 0.441. The van der Waals surface area contributed by atoms with E-state index in [0.717, 1.165) is 12.8 Å². The molecular weight excluding hydrogens is 338 g/mol. The second kappa shape index (κ2) is 5.49. The highest BCUT2D eigenvalue weighted by atomic mass is 127. The Kier molecular flexibility index (Phi) is 4.24. The van der Waals surface area contributed by atoms with Crippen LogP contribution in [0.1, 0.15) is 44.6 Å². The van der Waals surface area contributed by atoms with Crippen molar-refractivity contribution in [3.63, 3.8) is 0 Å². The van der Waals surface area contributed by atoms with Crippen LogP contribution in [0.5, 0.6) is 0 Å². The Hall–Kier alpha value is -0.100. The molecule has 1 fully saturated rings. The van der Waals surface area contributed by atoms with E-state index in [2.05, 4.69) is 4.98 Å². The van der Waals surface area contributed by atoms with Crippen LogP contribution in [-0.2, 0) is 0 Å². The highest BCUT2D eigenvalue weighted by molar-refractivity contribution is 14.1. The lowest BCUT2D eigenvalue weighted by Crippen LogP contribution is -2.27. The molecule has 1 aliphatic rings. The molecule has 1 saturated carbocycles. The topological polar surface area (TPSA) is 34.9 Å². The van der Waals surface area contributed by atoms with Gasteiger partial charge < -0.3 is 0 Å². The summed E-state index contributed by atoms with van der Waals surface area (Å²) in [6.07, 6.45) is 8.74. The molecule has 0 spiro atoms.